The van der Waals surface area contributed by atoms with Crippen molar-refractivity contribution in [1.82, 2.24) is 15.2 Å². The van der Waals surface area contributed by atoms with Gasteiger partial charge in [-0.05, 0) is 43.7 Å². The Kier molecular flexibility index (Phi) is 6.62. The molecule has 0 unspecified atom stereocenters. The highest BCUT2D eigenvalue weighted by atomic mass is 35.5. The fourth-order valence-electron chi connectivity index (χ4n) is 3.93. The zero-order valence-corrected chi connectivity index (χ0v) is 17.9. The fraction of sp³-hybridized carbons (Fsp3) is 0.333. The second-order valence-corrected chi connectivity index (χ2v) is 7.99. The number of aromatic nitrogens is 1. The van der Waals surface area contributed by atoms with Gasteiger partial charge in [-0.3, -0.25) is 9.69 Å². The number of halogens is 1. The number of ether oxygens (including phenoxy) is 1. The van der Waals surface area contributed by atoms with Gasteiger partial charge in [0.25, 0.3) is 5.91 Å². The van der Waals surface area contributed by atoms with Crippen molar-refractivity contribution in [1.29, 1.82) is 0 Å². The highest BCUT2D eigenvalue weighted by molar-refractivity contribution is 6.30. The maximum absolute atomic E-state index is 13.2. The van der Waals surface area contributed by atoms with Crippen LogP contribution in [0.15, 0.2) is 48.5 Å². The standard InChI is InChI=1S/C24H26ClN3O2/c1-17-22(24(29)26-10-5-11-28-12-14-30-15-13-28)20-8-2-3-9-21(20)27-23(17)18-6-4-7-19(25)16-18/h2-4,6-9,16H,5,10-15H2,1H3,(H,26,29). The quantitative estimate of drug-likeness (QED) is 0.600. The number of amides is 1. The summed E-state index contributed by atoms with van der Waals surface area (Å²) in [7, 11) is 0. The number of morpholine rings is 1. The van der Waals surface area contributed by atoms with Crippen molar-refractivity contribution < 1.29 is 9.53 Å². The Morgan fingerprint density at radius 1 is 1.17 bits per heavy atom. The summed E-state index contributed by atoms with van der Waals surface area (Å²) in [6, 6.07) is 15.4. The molecule has 0 radical (unpaired) electrons. The van der Waals surface area contributed by atoms with Crippen LogP contribution < -0.4 is 5.32 Å². The fourth-order valence-corrected chi connectivity index (χ4v) is 4.12. The minimum absolute atomic E-state index is 0.0589. The van der Waals surface area contributed by atoms with Crippen molar-refractivity contribution in [2.75, 3.05) is 39.4 Å². The Hall–Kier alpha value is -2.47. The summed E-state index contributed by atoms with van der Waals surface area (Å²) in [4.78, 5) is 20.4. The lowest BCUT2D eigenvalue weighted by Crippen LogP contribution is -2.38. The van der Waals surface area contributed by atoms with E-state index in [1.807, 2.05) is 55.5 Å². The molecule has 2 aromatic carbocycles. The molecule has 156 valence electrons. The minimum Gasteiger partial charge on any atom is -0.379 e. The lowest BCUT2D eigenvalue weighted by atomic mass is 9.97. The van der Waals surface area contributed by atoms with Crippen molar-refractivity contribution in [2.24, 2.45) is 0 Å². The van der Waals surface area contributed by atoms with Crippen LogP contribution in [0, 0.1) is 6.92 Å². The number of para-hydroxylation sites is 1. The van der Waals surface area contributed by atoms with Gasteiger partial charge in [-0.25, -0.2) is 4.98 Å². The van der Waals surface area contributed by atoms with E-state index in [2.05, 4.69) is 10.2 Å². The Morgan fingerprint density at radius 2 is 1.97 bits per heavy atom. The van der Waals surface area contributed by atoms with Gasteiger partial charge in [-0.1, -0.05) is 41.9 Å². The SMILES string of the molecule is Cc1c(-c2cccc(Cl)c2)nc2ccccc2c1C(=O)NCCCN1CCOCC1. The van der Waals surface area contributed by atoms with Gasteiger partial charge in [0.15, 0.2) is 0 Å². The molecule has 0 aliphatic carbocycles. The van der Waals surface area contributed by atoms with Gasteiger partial charge >= 0.3 is 0 Å². The summed E-state index contributed by atoms with van der Waals surface area (Å²) in [5.41, 5.74) is 4.04. The third-order valence-electron chi connectivity index (χ3n) is 5.50. The molecule has 1 amide bonds. The number of carbonyl (C=O) groups excluding carboxylic acids is 1. The summed E-state index contributed by atoms with van der Waals surface area (Å²) in [5.74, 6) is -0.0589. The topological polar surface area (TPSA) is 54.5 Å². The number of carbonyl (C=O) groups is 1. The van der Waals surface area contributed by atoms with Crippen LogP contribution in [0.4, 0.5) is 0 Å². The third-order valence-corrected chi connectivity index (χ3v) is 5.74. The average molecular weight is 424 g/mol. The van der Waals surface area contributed by atoms with Crippen LogP contribution in [0.2, 0.25) is 5.02 Å². The van der Waals surface area contributed by atoms with E-state index in [1.54, 1.807) is 0 Å². The lowest BCUT2D eigenvalue weighted by molar-refractivity contribution is 0.0374. The number of nitrogens with zero attached hydrogens (tertiary/aromatic N) is 2. The zero-order valence-electron chi connectivity index (χ0n) is 17.2. The van der Waals surface area contributed by atoms with Crippen LogP contribution in [0.5, 0.6) is 0 Å². The van der Waals surface area contributed by atoms with Crippen LogP contribution in [-0.4, -0.2) is 55.2 Å². The molecule has 2 heterocycles. The van der Waals surface area contributed by atoms with Crippen molar-refractivity contribution in [2.45, 2.75) is 13.3 Å². The second kappa shape index (κ2) is 9.56. The highest BCUT2D eigenvalue weighted by Crippen LogP contribution is 2.30. The lowest BCUT2D eigenvalue weighted by Gasteiger charge is -2.26. The minimum atomic E-state index is -0.0589. The maximum atomic E-state index is 13.2. The van der Waals surface area contributed by atoms with Crippen LogP contribution in [-0.2, 0) is 4.74 Å². The largest absolute Gasteiger partial charge is 0.379 e. The predicted molar refractivity (Wildman–Crippen MR) is 121 cm³/mol. The van der Waals surface area contributed by atoms with Crippen molar-refractivity contribution in [3.05, 3.63) is 64.7 Å². The molecule has 5 nitrogen and oxygen atoms in total. The van der Waals surface area contributed by atoms with Gasteiger partial charge in [0, 0.05) is 35.6 Å². The molecule has 6 heteroatoms. The van der Waals surface area contributed by atoms with Gasteiger partial charge in [0.05, 0.1) is 30.0 Å². The Bertz CT molecular complexity index is 1050. The second-order valence-electron chi connectivity index (χ2n) is 7.55. The predicted octanol–water partition coefficient (Wildman–Crippen LogP) is 4.32. The molecule has 1 aliphatic rings. The average Bonchev–Trinajstić information content (AvgIpc) is 2.77. The monoisotopic (exact) mass is 423 g/mol. The van der Waals surface area contributed by atoms with E-state index in [9.17, 15) is 4.79 Å². The molecule has 1 N–H and O–H groups in total. The van der Waals surface area contributed by atoms with E-state index >= 15 is 0 Å². The van der Waals surface area contributed by atoms with Gasteiger partial charge in [0.1, 0.15) is 0 Å². The molecule has 1 aliphatic heterocycles. The van der Waals surface area contributed by atoms with Crippen molar-refractivity contribution >= 4 is 28.4 Å². The zero-order chi connectivity index (χ0) is 20.9. The van der Waals surface area contributed by atoms with E-state index in [0.29, 0.717) is 17.1 Å². The summed E-state index contributed by atoms with van der Waals surface area (Å²) in [6.45, 7) is 7.07. The summed E-state index contributed by atoms with van der Waals surface area (Å²) in [6.07, 6.45) is 0.912. The highest BCUT2D eigenvalue weighted by Gasteiger charge is 2.19. The molecule has 30 heavy (non-hydrogen) atoms. The maximum Gasteiger partial charge on any atom is 0.252 e. The molecule has 4 rings (SSSR count). The molecule has 0 atom stereocenters. The van der Waals surface area contributed by atoms with Crippen LogP contribution in [0.1, 0.15) is 22.3 Å². The van der Waals surface area contributed by atoms with Gasteiger partial charge in [0.2, 0.25) is 0 Å². The summed E-state index contributed by atoms with van der Waals surface area (Å²) >= 11 is 6.20. The van der Waals surface area contributed by atoms with Crippen LogP contribution in [0.25, 0.3) is 22.2 Å². The molecule has 0 bridgehead atoms. The van der Waals surface area contributed by atoms with E-state index in [0.717, 1.165) is 67.0 Å². The Balaban J connectivity index is 1.57. The molecule has 3 aromatic rings. The number of hydrogen-bond donors (Lipinski definition) is 1. The van der Waals surface area contributed by atoms with Gasteiger partial charge < -0.3 is 10.1 Å². The smallest absolute Gasteiger partial charge is 0.252 e. The van der Waals surface area contributed by atoms with E-state index in [4.69, 9.17) is 21.3 Å². The van der Waals surface area contributed by atoms with Crippen LogP contribution >= 0.6 is 11.6 Å². The number of rotatable bonds is 6. The summed E-state index contributed by atoms with van der Waals surface area (Å²) in [5, 5.41) is 4.63. The molecule has 1 aromatic heterocycles. The van der Waals surface area contributed by atoms with E-state index in [-0.39, 0.29) is 5.91 Å². The van der Waals surface area contributed by atoms with Crippen molar-refractivity contribution in [3.63, 3.8) is 0 Å². The number of hydrogen-bond acceptors (Lipinski definition) is 4. The number of pyridine rings is 1. The first-order chi connectivity index (χ1) is 14.6. The molecule has 0 saturated carbocycles. The Morgan fingerprint density at radius 3 is 2.77 bits per heavy atom. The Labute approximate surface area is 182 Å². The molecular weight excluding hydrogens is 398 g/mol. The first-order valence-electron chi connectivity index (χ1n) is 10.4. The van der Waals surface area contributed by atoms with Gasteiger partial charge in [-0.2, -0.15) is 0 Å². The van der Waals surface area contributed by atoms with E-state index in [1.165, 1.54) is 0 Å². The summed E-state index contributed by atoms with van der Waals surface area (Å²) < 4.78 is 5.39. The van der Waals surface area contributed by atoms with Crippen molar-refractivity contribution in [3.8, 4) is 11.3 Å². The van der Waals surface area contributed by atoms with Gasteiger partial charge in [-0.15, -0.1) is 0 Å². The molecule has 1 saturated heterocycles. The van der Waals surface area contributed by atoms with Crippen LogP contribution in [0.3, 0.4) is 0 Å². The third kappa shape index (κ3) is 4.64. The van der Waals surface area contributed by atoms with E-state index < -0.39 is 0 Å². The first kappa shape index (κ1) is 20.8. The number of fused-ring (bicyclic) bond motifs is 1. The number of benzene rings is 2. The molecular formula is C24H26ClN3O2. The normalized spacial score (nSPS) is 14.7. The number of nitrogens with one attached hydrogen (secondary N) is 1. The molecule has 0 spiro atoms. The molecule has 1 fully saturated rings. The first-order valence-corrected chi connectivity index (χ1v) is 10.7.